The first kappa shape index (κ1) is 51.1. The van der Waals surface area contributed by atoms with Gasteiger partial charge in [-0.3, -0.25) is 23.5 Å². The molecule has 16 nitrogen and oxygen atoms in total. The Morgan fingerprint density at radius 2 is 1.43 bits per heavy atom. The molecule has 1 aromatic heterocycles. The van der Waals surface area contributed by atoms with E-state index in [1.165, 1.54) is 23.8 Å². The number of nitrogens with one attached hydrogen (secondary N) is 2. The first-order valence-electron chi connectivity index (χ1n) is 20.7. The molecule has 8 atom stereocenters. The fourth-order valence-electron chi connectivity index (χ4n) is 6.03. The monoisotopic (exact) mass is 879 g/mol. The van der Waals surface area contributed by atoms with Gasteiger partial charge in [0.05, 0.1) is 19.8 Å². The van der Waals surface area contributed by atoms with Crippen LogP contribution in [-0.2, 0) is 34.5 Å². The van der Waals surface area contributed by atoms with E-state index in [4.69, 9.17) is 28.8 Å². The second-order valence-corrected chi connectivity index (χ2v) is 29.3. The first-order chi connectivity index (χ1) is 27.4. The quantitative estimate of drug-likeness (QED) is 0.0824. The Bertz CT molecular complexity index is 1860. The number of aromatic nitrogens is 2. The molecule has 2 unspecified atom stereocenters. The third-order valence-corrected chi connectivity index (χ3v) is 20.7. The average Bonchev–Trinajstić information content (AvgIpc) is 3.44. The molecule has 60 heavy (non-hydrogen) atoms. The van der Waals surface area contributed by atoms with Gasteiger partial charge in [0, 0.05) is 18.8 Å². The van der Waals surface area contributed by atoms with Crippen LogP contribution in [0.4, 0.5) is 0 Å². The second-order valence-electron chi connectivity index (χ2n) is 19.8. The van der Waals surface area contributed by atoms with Crippen LogP contribution in [0, 0.1) is 0 Å². The van der Waals surface area contributed by atoms with Crippen molar-refractivity contribution < 1.29 is 42.9 Å². The lowest BCUT2D eigenvalue weighted by atomic mass is 9.99. The van der Waals surface area contributed by atoms with Crippen molar-refractivity contribution in [3.05, 3.63) is 62.9 Å². The van der Waals surface area contributed by atoms with Crippen LogP contribution in [-0.4, -0.2) is 116 Å². The van der Waals surface area contributed by atoms with Gasteiger partial charge in [0.15, 0.2) is 22.9 Å². The minimum atomic E-state index is -2.72. The Morgan fingerprint density at radius 1 is 0.883 bits per heavy atom. The van der Waals surface area contributed by atoms with Gasteiger partial charge in [-0.25, -0.2) is 4.79 Å². The van der Waals surface area contributed by atoms with Crippen molar-refractivity contribution in [3.8, 4) is 5.75 Å². The maximum absolute atomic E-state index is 14.5. The van der Waals surface area contributed by atoms with Crippen molar-refractivity contribution in [2.24, 2.45) is 5.73 Å². The average molecular weight is 880 g/mol. The van der Waals surface area contributed by atoms with Gasteiger partial charge in [-0.2, -0.15) is 0 Å². The zero-order chi connectivity index (χ0) is 45.8. The molecular weight excluding hydrogens is 807 g/mol. The van der Waals surface area contributed by atoms with Crippen molar-refractivity contribution in [1.82, 2.24) is 19.8 Å². The molecular formula is C42H73N5O11Si2. The van der Waals surface area contributed by atoms with Crippen LogP contribution in [0.15, 0.2) is 46.1 Å². The number of aliphatic hydroxyl groups excluding tert-OH is 2. The molecule has 0 spiro atoms. The normalized spacial score (nSPS) is 21.2. The van der Waals surface area contributed by atoms with Gasteiger partial charge in [0.2, 0.25) is 5.91 Å². The molecule has 1 amide bonds. The Balaban J connectivity index is 2.20. The van der Waals surface area contributed by atoms with E-state index < -0.39 is 94.2 Å². The standard InChI is InChI=1S/C42H73N5O11Si2/c1-26(48)30(43)36(51)45-23-16-22-44-31(38(52)56-40(2,3)4)32(50)33-34(57-59(12,13)41(5,6)7)35(58-60(14,15)42(8,9)10)37(55-33)46-24-21-29(49)47(39(46)53)25-27-17-19-28(54-11)20-18-27/h17-21,24,26,30-35,37,44,48,50H,16,22-23,25,43H2,1-15H3,(H,45,51)/t26?,30-,31-,32-,33?,34+,35+,37+/m0/s1. The number of benzene rings is 1. The Hall–Kier alpha value is -3.21. The summed E-state index contributed by atoms with van der Waals surface area (Å²) in [5.74, 6) is -0.647. The number of carbonyl (C=O) groups is 2. The number of nitrogens with zero attached hydrogens (tertiary/aromatic N) is 2. The highest BCUT2D eigenvalue weighted by Gasteiger charge is 2.57. The molecule has 2 aromatic rings. The maximum Gasteiger partial charge on any atom is 0.333 e. The zero-order valence-corrected chi connectivity index (χ0v) is 40.5. The van der Waals surface area contributed by atoms with Crippen LogP contribution < -0.4 is 32.4 Å². The first-order valence-corrected chi connectivity index (χ1v) is 26.6. The van der Waals surface area contributed by atoms with E-state index in [1.54, 1.807) is 52.1 Å². The molecule has 2 heterocycles. The van der Waals surface area contributed by atoms with E-state index in [2.05, 4.69) is 78.4 Å². The SMILES string of the molecule is COc1ccc(Cn2c(=O)ccn([C@@H]3OC([C@@H](O)[C@H](NCCCNC(=O)[C@@H](N)C(C)O)C(=O)OC(C)(C)C)[C@@H](O[Si](C)(C)C(C)(C)C)[C@H]3O[Si](C)(C)C(C)(C)C)c2=O)cc1. The predicted molar refractivity (Wildman–Crippen MR) is 236 cm³/mol. The van der Waals surface area contributed by atoms with E-state index >= 15 is 0 Å². The second kappa shape index (κ2) is 19.9. The number of hydrogen-bond donors (Lipinski definition) is 5. The number of ether oxygens (including phenoxy) is 3. The summed E-state index contributed by atoms with van der Waals surface area (Å²) < 4.78 is 34.7. The van der Waals surface area contributed by atoms with E-state index in [9.17, 15) is 29.4 Å². The van der Waals surface area contributed by atoms with Crippen LogP contribution in [0.2, 0.25) is 36.3 Å². The largest absolute Gasteiger partial charge is 0.497 e. The van der Waals surface area contributed by atoms with Crippen molar-refractivity contribution in [1.29, 1.82) is 0 Å². The number of amides is 1. The van der Waals surface area contributed by atoms with Gasteiger partial charge in [0.1, 0.15) is 47.9 Å². The Labute approximate surface area is 357 Å². The number of methoxy groups -OCH3 is 1. The van der Waals surface area contributed by atoms with E-state index in [0.29, 0.717) is 17.7 Å². The van der Waals surface area contributed by atoms with Crippen molar-refractivity contribution in [2.75, 3.05) is 20.2 Å². The lowest BCUT2D eigenvalue weighted by molar-refractivity contribution is -0.166. The number of aliphatic hydroxyl groups is 2. The molecule has 1 aliphatic heterocycles. The van der Waals surface area contributed by atoms with Crippen LogP contribution in [0.25, 0.3) is 0 Å². The summed E-state index contributed by atoms with van der Waals surface area (Å²) in [6.45, 7) is 27.6. The van der Waals surface area contributed by atoms with Crippen LogP contribution in [0.3, 0.4) is 0 Å². The predicted octanol–water partition coefficient (Wildman–Crippen LogP) is 3.62. The number of nitrogens with two attached hydrogens (primary N) is 1. The molecule has 1 aromatic carbocycles. The maximum atomic E-state index is 14.5. The lowest BCUT2D eigenvalue weighted by Gasteiger charge is -2.44. The molecule has 1 saturated heterocycles. The number of hydrogen-bond acceptors (Lipinski definition) is 13. The molecule has 18 heteroatoms. The van der Waals surface area contributed by atoms with Crippen molar-refractivity contribution >= 4 is 28.5 Å². The minimum absolute atomic E-state index is 0.0328. The van der Waals surface area contributed by atoms with Gasteiger partial charge >= 0.3 is 11.7 Å². The molecule has 0 bridgehead atoms. The highest BCUT2D eigenvalue weighted by Crippen LogP contribution is 2.46. The number of carbonyl (C=O) groups excluding carboxylic acids is 2. The summed E-state index contributed by atoms with van der Waals surface area (Å²) in [6.07, 6.45) is -5.36. The van der Waals surface area contributed by atoms with Gasteiger partial charge in [-0.15, -0.1) is 0 Å². The molecule has 1 aliphatic rings. The van der Waals surface area contributed by atoms with E-state index in [1.807, 2.05) is 0 Å². The van der Waals surface area contributed by atoms with Crippen LogP contribution in [0.5, 0.6) is 5.75 Å². The highest BCUT2D eigenvalue weighted by molar-refractivity contribution is 6.74. The van der Waals surface area contributed by atoms with Crippen molar-refractivity contribution in [3.63, 3.8) is 0 Å². The molecule has 3 rings (SSSR count). The fraction of sp³-hybridized carbons (Fsp3) is 0.714. The molecule has 1 fully saturated rings. The topological polar surface area (TPSA) is 215 Å². The third-order valence-electron chi connectivity index (χ3n) is 11.7. The van der Waals surface area contributed by atoms with Gasteiger partial charge in [-0.1, -0.05) is 53.7 Å². The molecule has 340 valence electrons. The Kier molecular flexibility index (Phi) is 16.9. The van der Waals surface area contributed by atoms with Gasteiger partial charge in [0.25, 0.3) is 5.56 Å². The van der Waals surface area contributed by atoms with Crippen LogP contribution in [0.1, 0.15) is 87.4 Å². The van der Waals surface area contributed by atoms with Crippen molar-refractivity contribution in [2.45, 2.75) is 173 Å². The summed E-state index contributed by atoms with van der Waals surface area (Å²) in [4.78, 5) is 54.2. The number of esters is 1. The Morgan fingerprint density at radius 3 is 1.93 bits per heavy atom. The summed E-state index contributed by atoms with van der Waals surface area (Å²) in [6, 6.07) is 5.88. The van der Waals surface area contributed by atoms with Gasteiger partial charge in [-0.05, 0) is 94.6 Å². The van der Waals surface area contributed by atoms with Gasteiger partial charge < -0.3 is 49.6 Å². The third kappa shape index (κ3) is 12.9. The number of rotatable bonds is 18. The minimum Gasteiger partial charge on any atom is -0.497 e. The van der Waals surface area contributed by atoms with Crippen LogP contribution >= 0.6 is 0 Å². The van der Waals surface area contributed by atoms with E-state index in [-0.39, 0.29) is 29.7 Å². The molecule has 6 N–H and O–H groups in total. The molecule has 0 aliphatic carbocycles. The summed E-state index contributed by atoms with van der Waals surface area (Å²) in [5.41, 5.74) is 4.36. The summed E-state index contributed by atoms with van der Waals surface area (Å²) >= 11 is 0. The zero-order valence-electron chi connectivity index (χ0n) is 38.5. The summed E-state index contributed by atoms with van der Waals surface area (Å²) in [5, 5.41) is 27.4. The lowest BCUT2D eigenvalue weighted by Crippen LogP contribution is -2.59. The fourth-order valence-corrected chi connectivity index (χ4v) is 8.62. The molecule has 0 saturated carbocycles. The smallest absolute Gasteiger partial charge is 0.333 e. The molecule has 0 radical (unpaired) electrons. The highest BCUT2D eigenvalue weighted by atomic mass is 28.4. The summed E-state index contributed by atoms with van der Waals surface area (Å²) in [7, 11) is -3.88. The van der Waals surface area contributed by atoms with E-state index in [0.717, 1.165) is 4.57 Å².